The average molecular weight is 317 g/mol. The lowest BCUT2D eigenvalue weighted by Crippen LogP contribution is -2.29. The molecule has 0 saturated carbocycles. The van der Waals surface area contributed by atoms with Crippen molar-refractivity contribution >= 4 is 0 Å². The molecular formula is C18H40N2O2. The molecule has 1 unspecified atom stereocenters. The molecular weight excluding hydrogens is 276 g/mol. The number of hydrogen-bond acceptors (Lipinski definition) is 4. The van der Waals surface area contributed by atoms with Crippen molar-refractivity contribution in [3.63, 3.8) is 0 Å². The van der Waals surface area contributed by atoms with Gasteiger partial charge in [-0.15, -0.1) is 0 Å². The second-order valence-corrected chi connectivity index (χ2v) is 6.48. The van der Waals surface area contributed by atoms with Crippen LogP contribution in [0.1, 0.15) is 71.6 Å². The van der Waals surface area contributed by atoms with Gasteiger partial charge in [0.25, 0.3) is 0 Å². The number of rotatable bonds is 16. The van der Waals surface area contributed by atoms with Crippen LogP contribution in [0.5, 0.6) is 0 Å². The Morgan fingerprint density at radius 1 is 0.955 bits per heavy atom. The summed E-state index contributed by atoms with van der Waals surface area (Å²) in [4.78, 5) is 0. The van der Waals surface area contributed by atoms with Crippen LogP contribution in [-0.2, 0) is 9.47 Å². The van der Waals surface area contributed by atoms with Gasteiger partial charge in [-0.3, -0.25) is 0 Å². The zero-order valence-corrected chi connectivity index (χ0v) is 15.5. The third-order valence-electron chi connectivity index (χ3n) is 4.59. The summed E-state index contributed by atoms with van der Waals surface area (Å²) < 4.78 is 10.8. The molecule has 0 saturated heterocycles. The van der Waals surface area contributed by atoms with E-state index in [0.29, 0.717) is 0 Å². The standard InChI is InChI=1S/C18H40N2O2/c1-5-10-17(12-9-15-20-16-14-19)11-7-6-8-13-18(2,21-3)22-4/h17,20H,5-16,19H2,1-4H3. The first-order valence-electron chi connectivity index (χ1n) is 9.13. The fourth-order valence-electron chi connectivity index (χ4n) is 2.93. The van der Waals surface area contributed by atoms with E-state index in [1.807, 2.05) is 6.92 Å². The summed E-state index contributed by atoms with van der Waals surface area (Å²) in [6.45, 7) is 7.09. The Balaban J connectivity index is 3.72. The molecule has 0 spiro atoms. The number of nitrogens with one attached hydrogen (secondary N) is 1. The summed E-state index contributed by atoms with van der Waals surface area (Å²) in [7, 11) is 3.44. The Morgan fingerprint density at radius 3 is 2.23 bits per heavy atom. The number of ether oxygens (including phenoxy) is 2. The minimum Gasteiger partial charge on any atom is -0.353 e. The fraction of sp³-hybridized carbons (Fsp3) is 1.00. The molecule has 4 nitrogen and oxygen atoms in total. The van der Waals surface area contributed by atoms with Gasteiger partial charge in [0.15, 0.2) is 5.79 Å². The molecule has 0 aromatic carbocycles. The predicted octanol–water partition coefficient (Wildman–Crippen LogP) is 3.69. The Bertz CT molecular complexity index is 233. The number of hydrogen-bond donors (Lipinski definition) is 2. The van der Waals surface area contributed by atoms with Crippen molar-refractivity contribution < 1.29 is 9.47 Å². The molecule has 0 fully saturated rings. The molecule has 134 valence electrons. The van der Waals surface area contributed by atoms with Crippen LogP contribution in [0, 0.1) is 5.92 Å². The summed E-state index contributed by atoms with van der Waals surface area (Å²) in [5.74, 6) is 0.484. The maximum Gasteiger partial charge on any atom is 0.164 e. The normalized spacial score (nSPS) is 13.5. The van der Waals surface area contributed by atoms with Crippen LogP contribution >= 0.6 is 0 Å². The molecule has 0 aromatic rings. The summed E-state index contributed by atoms with van der Waals surface area (Å²) in [6, 6.07) is 0. The minimum absolute atomic E-state index is 0.405. The van der Waals surface area contributed by atoms with Crippen molar-refractivity contribution in [3.05, 3.63) is 0 Å². The van der Waals surface area contributed by atoms with Gasteiger partial charge in [0.05, 0.1) is 0 Å². The van der Waals surface area contributed by atoms with Crippen molar-refractivity contribution in [2.45, 2.75) is 77.4 Å². The van der Waals surface area contributed by atoms with Gasteiger partial charge in [0.2, 0.25) is 0 Å². The summed E-state index contributed by atoms with van der Waals surface area (Å²) in [6.07, 6.45) is 11.4. The van der Waals surface area contributed by atoms with E-state index in [-0.39, 0.29) is 0 Å². The Hall–Kier alpha value is -0.160. The van der Waals surface area contributed by atoms with E-state index in [4.69, 9.17) is 15.2 Å². The van der Waals surface area contributed by atoms with Crippen LogP contribution in [0.4, 0.5) is 0 Å². The van der Waals surface area contributed by atoms with Crippen molar-refractivity contribution in [3.8, 4) is 0 Å². The quantitative estimate of drug-likeness (QED) is 0.337. The molecule has 0 rings (SSSR count). The van der Waals surface area contributed by atoms with E-state index >= 15 is 0 Å². The SMILES string of the molecule is CCCC(CCCCCC(C)(OC)OC)CCCNCCN. The third-order valence-corrected chi connectivity index (χ3v) is 4.59. The molecule has 4 heteroatoms. The van der Waals surface area contributed by atoms with Crippen LogP contribution in [0.15, 0.2) is 0 Å². The van der Waals surface area contributed by atoms with E-state index in [0.717, 1.165) is 32.0 Å². The molecule has 0 aliphatic rings. The summed E-state index contributed by atoms with van der Waals surface area (Å²) >= 11 is 0. The predicted molar refractivity (Wildman–Crippen MR) is 95.1 cm³/mol. The second kappa shape index (κ2) is 14.4. The van der Waals surface area contributed by atoms with Crippen LogP contribution in [0.3, 0.4) is 0 Å². The first-order chi connectivity index (χ1) is 10.6. The average Bonchev–Trinajstić information content (AvgIpc) is 2.54. The lowest BCUT2D eigenvalue weighted by Gasteiger charge is -2.26. The van der Waals surface area contributed by atoms with Crippen molar-refractivity contribution in [1.82, 2.24) is 5.32 Å². The number of methoxy groups -OCH3 is 2. The largest absolute Gasteiger partial charge is 0.353 e. The van der Waals surface area contributed by atoms with Gasteiger partial charge in [-0.05, 0) is 38.6 Å². The van der Waals surface area contributed by atoms with Gasteiger partial charge in [-0.1, -0.05) is 39.0 Å². The topological polar surface area (TPSA) is 56.5 Å². The zero-order valence-electron chi connectivity index (χ0n) is 15.5. The second-order valence-electron chi connectivity index (χ2n) is 6.48. The molecule has 22 heavy (non-hydrogen) atoms. The van der Waals surface area contributed by atoms with Gasteiger partial charge in [0.1, 0.15) is 0 Å². The van der Waals surface area contributed by atoms with Crippen molar-refractivity contribution in [2.75, 3.05) is 33.9 Å². The molecule has 0 bridgehead atoms. The number of unbranched alkanes of at least 4 members (excludes halogenated alkanes) is 2. The van der Waals surface area contributed by atoms with Gasteiger partial charge in [-0.25, -0.2) is 0 Å². The summed E-state index contributed by atoms with van der Waals surface area (Å²) in [5.41, 5.74) is 5.48. The zero-order chi connectivity index (χ0) is 16.7. The fourth-order valence-corrected chi connectivity index (χ4v) is 2.93. The van der Waals surface area contributed by atoms with Crippen LogP contribution in [0.25, 0.3) is 0 Å². The maximum atomic E-state index is 5.48. The lowest BCUT2D eigenvalue weighted by atomic mass is 9.91. The monoisotopic (exact) mass is 316 g/mol. The molecule has 3 N–H and O–H groups in total. The highest BCUT2D eigenvalue weighted by Crippen LogP contribution is 2.23. The highest BCUT2D eigenvalue weighted by atomic mass is 16.7. The maximum absolute atomic E-state index is 5.48. The van der Waals surface area contributed by atoms with Gasteiger partial charge in [0, 0.05) is 33.7 Å². The van der Waals surface area contributed by atoms with E-state index in [1.54, 1.807) is 14.2 Å². The van der Waals surface area contributed by atoms with Crippen molar-refractivity contribution in [1.29, 1.82) is 0 Å². The number of nitrogens with two attached hydrogens (primary N) is 1. The Kier molecular flexibility index (Phi) is 14.3. The first kappa shape index (κ1) is 21.8. The van der Waals surface area contributed by atoms with E-state index in [9.17, 15) is 0 Å². The minimum atomic E-state index is -0.405. The molecule has 0 amide bonds. The lowest BCUT2D eigenvalue weighted by molar-refractivity contribution is -0.197. The van der Waals surface area contributed by atoms with Crippen LogP contribution < -0.4 is 11.1 Å². The first-order valence-corrected chi connectivity index (χ1v) is 9.13. The van der Waals surface area contributed by atoms with Gasteiger partial charge >= 0.3 is 0 Å². The summed E-state index contributed by atoms with van der Waals surface area (Å²) in [5, 5.41) is 3.39. The highest BCUT2D eigenvalue weighted by Gasteiger charge is 2.21. The molecule has 0 aliphatic heterocycles. The van der Waals surface area contributed by atoms with E-state index in [1.165, 1.54) is 51.4 Å². The Morgan fingerprint density at radius 2 is 1.64 bits per heavy atom. The van der Waals surface area contributed by atoms with Gasteiger partial charge < -0.3 is 20.5 Å². The molecule has 0 aromatic heterocycles. The van der Waals surface area contributed by atoms with E-state index < -0.39 is 5.79 Å². The third kappa shape index (κ3) is 11.4. The van der Waals surface area contributed by atoms with Crippen molar-refractivity contribution in [2.24, 2.45) is 11.7 Å². The smallest absolute Gasteiger partial charge is 0.164 e. The van der Waals surface area contributed by atoms with Crippen LogP contribution in [-0.4, -0.2) is 39.6 Å². The van der Waals surface area contributed by atoms with E-state index in [2.05, 4.69) is 12.2 Å². The molecule has 1 atom stereocenters. The van der Waals surface area contributed by atoms with Gasteiger partial charge in [-0.2, -0.15) is 0 Å². The van der Waals surface area contributed by atoms with Crippen LogP contribution in [0.2, 0.25) is 0 Å². The Labute approximate surface area is 138 Å². The highest BCUT2D eigenvalue weighted by molar-refractivity contribution is 4.64. The molecule has 0 radical (unpaired) electrons. The molecule has 0 heterocycles. The molecule has 0 aliphatic carbocycles.